The Morgan fingerprint density at radius 2 is 2.28 bits per heavy atom. The van der Waals surface area contributed by atoms with E-state index in [0.29, 0.717) is 10.8 Å². The predicted octanol–water partition coefficient (Wildman–Crippen LogP) is 3.74. The van der Waals surface area contributed by atoms with Gasteiger partial charge >= 0.3 is 5.97 Å². The van der Waals surface area contributed by atoms with Gasteiger partial charge in [0.15, 0.2) is 10.8 Å². The Morgan fingerprint density at radius 1 is 1.50 bits per heavy atom. The maximum atomic E-state index is 11.3. The average Bonchev–Trinajstić information content (AvgIpc) is 2.82. The number of hydrogen-bond acceptors (Lipinski definition) is 5. The summed E-state index contributed by atoms with van der Waals surface area (Å²) in [5, 5.41) is 5.48. The highest BCUT2D eigenvalue weighted by Gasteiger charge is 2.11. The van der Waals surface area contributed by atoms with Crippen LogP contribution in [0.2, 0.25) is 0 Å². The van der Waals surface area contributed by atoms with Crippen molar-refractivity contribution in [1.82, 2.24) is 4.98 Å². The van der Waals surface area contributed by atoms with Crippen LogP contribution in [0.25, 0.3) is 0 Å². The van der Waals surface area contributed by atoms with Gasteiger partial charge in [-0.25, -0.2) is 9.78 Å². The minimum atomic E-state index is -0.428. The number of thiazole rings is 1. The number of nitrogens with zero attached hydrogens (tertiary/aromatic N) is 1. The summed E-state index contributed by atoms with van der Waals surface area (Å²) in [5.74, 6) is -0.428. The summed E-state index contributed by atoms with van der Waals surface area (Å²) in [6.07, 6.45) is 0. The smallest absolute Gasteiger partial charge is 0.357 e. The molecule has 1 aromatic carbocycles. The number of aryl methyl sites for hydroxylation is 1. The summed E-state index contributed by atoms with van der Waals surface area (Å²) in [6.45, 7) is 2.01. The monoisotopic (exact) mass is 326 g/mol. The topological polar surface area (TPSA) is 51.2 Å². The van der Waals surface area contributed by atoms with E-state index < -0.39 is 5.97 Å². The number of rotatable bonds is 3. The van der Waals surface area contributed by atoms with Crippen LogP contribution >= 0.6 is 27.3 Å². The van der Waals surface area contributed by atoms with E-state index in [1.165, 1.54) is 18.4 Å². The number of methoxy groups -OCH3 is 1. The molecular weight excluding hydrogens is 316 g/mol. The van der Waals surface area contributed by atoms with Gasteiger partial charge in [0, 0.05) is 9.85 Å². The Kier molecular flexibility index (Phi) is 3.98. The molecule has 0 bridgehead atoms. The molecule has 0 spiro atoms. The van der Waals surface area contributed by atoms with Crippen LogP contribution in [0.15, 0.2) is 28.1 Å². The molecule has 94 valence electrons. The molecule has 0 aliphatic heterocycles. The molecule has 4 nitrogen and oxygen atoms in total. The molecule has 0 aliphatic carbocycles. The van der Waals surface area contributed by atoms with E-state index in [1.54, 1.807) is 5.38 Å². The zero-order valence-electron chi connectivity index (χ0n) is 9.86. The number of anilines is 2. The van der Waals surface area contributed by atoms with Gasteiger partial charge in [-0.05, 0) is 34.5 Å². The van der Waals surface area contributed by atoms with Crippen molar-refractivity contribution in [2.45, 2.75) is 6.92 Å². The fraction of sp³-hybridized carbons (Fsp3) is 0.167. The fourth-order valence-corrected chi connectivity index (χ4v) is 2.44. The third-order valence-corrected chi connectivity index (χ3v) is 4.14. The lowest BCUT2D eigenvalue weighted by Crippen LogP contribution is -2.01. The average molecular weight is 327 g/mol. The number of ether oxygens (including phenoxy) is 1. The molecule has 1 N–H and O–H groups in total. The lowest BCUT2D eigenvalue weighted by Gasteiger charge is -2.07. The molecule has 0 amide bonds. The second-order valence-electron chi connectivity index (χ2n) is 3.59. The first-order valence-corrected chi connectivity index (χ1v) is 6.85. The Bertz CT molecular complexity index is 583. The molecule has 0 saturated heterocycles. The third-order valence-electron chi connectivity index (χ3n) is 2.33. The Balaban J connectivity index is 2.21. The van der Waals surface area contributed by atoms with E-state index in [-0.39, 0.29) is 0 Å². The highest BCUT2D eigenvalue weighted by Crippen LogP contribution is 2.29. The zero-order chi connectivity index (χ0) is 13.1. The first kappa shape index (κ1) is 13.0. The highest BCUT2D eigenvalue weighted by atomic mass is 79.9. The molecular formula is C12H11BrN2O2S. The lowest BCUT2D eigenvalue weighted by atomic mass is 10.2. The number of esters is 1. The maximum Gasteiger partial charge on any atom is 0.357 e. The molecule has 0 unspecified atom stereocenters. The number of nitrogens with one attached hydrogen (secondary N) is 1. The van der Waals surface area contributed by atoms with Crippen LogP contribution in [0.4, 0.5) is 10.8 Å². The largest absolute Gasteiger partial charge is 0.464 e. The number of carbonyl (C=O) groups excluding carboxylic acids is 1. The second-order valence-corrected chi connectivity index (χ2v) is 5.24. The van der Waals surface area contributed by atoms with Crippen molar-refractivity contribution in [3.63, 3.8) is 0 Å². The van der Waals surface area contributed by atoms with E-state index in [4.69, 9.17) is 0 Å². The van der Waals surface area contributed by atoms with Crippen LogP contribution in [0.1, 0.15) is 16.1 Å². The summed E-state index contributed by atoms with van der Waals surface area (Å²) in [6, 6.07) is 5.91. The molecule has 18 heavy (non-hydrogen) atoms. The quantitative estimate of drug-likeness (QED) is 0.873. The molecule has 0 aliphatic rings. The van der Waals surface area contributed by atoms with Gasteiger partial charge in [-0.1, -0.05) is 12.1 Å². The summed E-state index contributed by atoms with van der Waals surface area (Å²) in [4.78, 5) is 15.4. The number of halogens is 1. The second kappa shape index (κ2) is 5.49. The van der Waals surface area contributed by atoms with Crippen molar-refractivity contribution in [3.8, 4) is 0 Å². The number of benzene rings is 1. The standard InChI is InChI=1S/C12H11BrN2O2S/c1-7-4-3-5-8(10(7)13)14-12-15-9(6-18-12)11(16)17-2/h3-6H,1-2H3,(H,14,15). The van der Waals surface area contributed by atoms with Crippen molar-refractivity contribution >= 4 is 44.1 Å². The predicted molar refractivity (Wildman–Crippen MR) is 75.6 cm³/mol. The van der Waals surface area contributed by atoms with Crippen LogP contribution in [0.5, 0.6) is 0 Å². The summed E-state index contributed by atoms with van der Waals surface area (Å²) < 4.78 is 5.60. The Hall–Kier alpha value is -1.40. The molecule has 0 fully saturated rings. The van der Waals surface area contributed by atoms with Gasteiger partial charge in [0.05, 0.1) is 12.8 Å². The van der Waals surface area contributed by atoms with Gasteiger partial charge in [-0.15, -0.1) is 11.3 Å². The Labute approximate surface area is 117 Å². The molecule has 0 atom stereocenters. The molecule has 0 radical (unpaired) electrons. The van der Waals surface area contributed by atoms with E-state index in [9.17, 15) is 4.79 Å². The van der Waals surface area contributed by atoms with Crippen molar-refractivity contribution in [1.29, 1.82) is 0 Å². The zero-order valence-corrected chi connectivity index (χ0v) is 12.3. The molecule has 1 heterocycles. The molecule has 2 rings (SSSR count). The van der Waals surface area contributed by atoms with Crippen molar-refractivity contribution in [2.75, 3.05) is 12.4 Å². The van der Waals surface area contributed by atoms with Crippen molar-refractivity contribution < 1.29 is 9.53 Å². The van der Waals surface area contributed by atoms with Crippen molar-refractivity contribution in [2.24, 2.45) is 0 Å². The normalized spacial score (nSPS) is 10.2. The first-order valence-electron chi connectivity index (χ1n) is 5.18. The molecule has 6 heteroatoms. The van der Waals surface area contributed by atoms with Gasteiger partial charge in [0.2, 0.25) is 0 Å². The lowest BCUT2D eigenvalue weighted by molar-refractivity contribution is 0.0595. The van der Waals surface area contributed by atoms with Gasteiger partial charge in [-0.3, -0.25) is 0 Å². The number of aromatic nitrogens is 1. The highest BCUT2D eigenvalue weighted by molar-refractivity contribution is 9.10. The van der Waals surface area contributed by atoms with E-state index in [1.807, 2.05) is 25.1 Å². The van der Waals surface area contributed by atoms with Crippen LogP contribution in [0, 0.1) is 6.92 Å². The molecule has 0 saturated carbocycles. The SMILES string of the molecule is COC(=O)c1csc(Nc2cccc(C)c2Br)n1. The van der Waals surface area contributed by atoms with Gasteiger partial charge in [0.1, 0.15) is 0 Å². The first-order chi connectivity index (χ1) is 8.61. The van der Waals surface area contributed by atoms with E-state index in [0.717, 1.165) is 15.7 Å². The van der Waals surface area contributed by atoms with Crippen LogP contribution in [0.3, 0.4) is 0 Å². The number of carbonyl (C=O) groups is 1. The maximum absolute atomic E-state index is 11.3. The molecule has 2 aromatic rings. The summed E-state index contributed by atoms with van der Waals surface area (Å²) in [7, 11) is 1.34. The van der Waals surface area contributed by atoms with E-state index in [2.05, 4.69) is 31.0 Å². The summed E-state index contributed by atoms with van der Waals surface area (Å²) in [5.41, 5.74) is 2.36. The Morgan fingerprint density at radius 3 is 3.00 bits per heavy atom. The van der Waals surface area contributed by atoms with Crippen LogP contribution in [-0.2, 0) is 4.74 Å². The fourth-order valence-electron chi connectivity index (χ4n) is 1.39. The van der Waals surface area contributed by atoms with Gasteiger partial charge in [-0.2, -0.15) is 0 Å². The van der Waals surface area contributed by atoms with E-state index >= 15 is 0 Å². The van der Waals surface area contributed by atoms with Crippen LogP contribution in [-0.4, -0.2) is 18.1 Å². The van der Waals surface area contributed by atoms with Crippen molar-refractivity contribution in [3.05, 3.63) is 39.3 Å². The van der Waals surface area contributed by atoms with Crippen LogP contribution < -0.4 is 5.32 Å². The van der Waals surface area contributed by atoms with Gasteiger partial charge < -0.3 is 10.1 Å². The third kappa shape index (κ3) is 2.70. The molecule has 1 aromatic heterocycles. The number of hydrogen-bond donors (Lipinski definition) is 1. The van der Waals surface area contributed by atoms with Gasteiger partial charge in [0.25, 0.3) is 0 Å². The minimum Gasteiger partial charge on any atom is -0.464 e. The minimum absolute atomic E-state index is 0.314. The summed E-state index contributed by atoms with van der Waals surface area (Å²) >= 11 is 4.87.